The minimum Gasteiger partial charge on any atom is -0.421 e. The van der Waals surface area contributed by atoms with Crippen LogP contribution in [0.15, 0.2) is 45.5 Å². The summed E-state index contributed by atoms with van der Waals surface area (Å²) in [5.74, 6) is 1.18. The smallest absolute Gasteiger partial charge is 0.247 e. The van der Waals surface area contributed by atoms with Crippen molar-refractivity contribution in [3.8, 4) is 11.5 Å². The van der Waals surface area contributed by atoms with Crippen LogP contribution in [-0.2, 0) is 17.8 Å². The van der Waals surface area contributed by atoms with Crippen LogP contribution < -0.4 is 0 Å². The number of carbonyl (C=O) groups is 1. The lowest BCUT2D eigenvalue weighted by atomic mass is 10.1. The highest BCUT2D eigenvalue weighted by Gasteiger charge is 2.21. The van der Waals surface area contributed by atoms with E-state index in [2.05, 4.69) is 31.9 Å². The van der Waals surface area contributed by atoms with E-state index in [1.54, 1.807) is 11.3 Å². The van der Waals surface area contributed by atoms with Gasteiger partial charge in [0.2, 0.25) is 17.7 Å². The van der Waals surface area contributed by atoms with Crippen LogP contribution in [0.1, 0.15) is 23.4 Å². The van der Waals surface area contributed by atoms with Gasteiger partial charge in [-0.15, -0.1) is 10.2 Å². The van der Waals surface area contributed by atoms with Crippen molar-refractivity contribution in [2.75, 3.05) is 26.2 Å². The van der Waals surface area contributed by atoms with E-state index in [1.807, 2.05) is 36.1 Å². The van der Waals surface area contributed by atoms with E-state index in [-0.39, 0.29) is 5.91 Å². The quantitative estimate of drug-likeness (QED) is 0.639. The summed E-state index contributed by atoms with van der Waals surface area (Å²) in [4.78, 5) is 16.9. The zero-order valence-corrected chi connectivity index (χ0v) is 16.8. The van der Waals surface area contributed by atoms with Crippen molar-refractivity contribution in [2.24, 2.45) is 0 Å². The first-order valence-electron chi connectivity index (χ1n) is 9.58. The predicted octanol–water partition coefficient (Wildman–Crippen LogP) is 3.38. The zero-order valence-electron chi connectivity index (χ0n) is 16.0. The molecule has 2 aromatic heterocycles. The molecular formula is C21H24N4O2S. The van der Waals surface area contributed by atoms with Gasteiger partial charge in [0, 0.05) is 51.1 Å². The summed E-state index contributed by atoms with van der Waals surface area (Å²) in [7, 11) is 0. The molecule has 1 saturated heterocycles. The number of amides is 1. The number of hydrogen-bond donors (Lipinski definition) is 0. The highest BCUT2D eigenvalue weighted by Crippen LogP contribution is 2.19. The Bertz CT molecular complexity index is 897. The van der Waals surface area contributed by atoms with Crippen LogP contribution in [0, 0.1) is 6.92 Å². The average molecular weight is 397 g/mol. The van der Waals surface area contributed by atoms with Crippen LogP contribution in [0.3, 0.4) is 0 Å². The molecule has 1 aromatic carbocycles. The van der Waals surface area contributed by atoms with Crippen LogP contribution in [-0.4, -0.2) is 52.1 Å². The largest absolute Gasteiger partial charge is 0.421 e. The van der Waals surface area contributed by atoms with Crippen LogP contribution in [0.5, 0.6) is 0 Å². The minimum absolute atomic E-state index is 0.158. The van der Waals surface area contributed by atoms with Crippen LogP contribution >= 0.6 is 11.3 Å². The number of aromatic nitrogens is 2. The van der Waals surface area contributed by atoms with Crippen molar-refractivity contribution in [1.82, 2.24) is 20.0 Å². The molecule has 6 nitrogen and oxygen atoms in total. The van der Waals surface area contributed by atoms with Crippen LogP contribution in [0.2, 0.25) is 0 Å². The lowest BCUT2D eigenvalue weighted by Crippen LogP contribution is -2.48. The lowest BCUT2D eigenvalue weighted by Gasteiger charge is -2.34. The first-order chi connectivity index (χ1) is 13.7. The molecule has 0 spiro atoms. The number of hydrogen-bond acceptors (Lipinski definition) is 6. The molecule has 28 heavy (non-hydrogen) atoms. The molecule has 0 atom stereocenters. The summed E-state index contributed by atoms with van der Waals surface area (Å²) < 4.78 is 5.72. The molecule has 1 amide bonds. The second kappa shape index (κ2) is 8.67. The predicted molar refractivity (Wildman–Crippen MR) is 109 cm³/mol. The molecule has 1 aliphatic heterocycles. The molecule has 0 bridgehead atoms. The molecule has 4 rings (SSSR count). The Morgan fingerprint density at radius 2 is 1.89 bits per heavy atom. The monoisotopic (exact) mass is 396 g/mol. The molecule has 1 fully saturated rings. The number of thiophene rings is 1. The summed E-state index contributed by atoms with van der Waals surface area (Å²) in [5, 5.41) is 12.5. The second-order valence-electron chi connectivity index (χ2n) is 7.16. The number of benzene rings is 1. The molecule has 3 aromatic rings. The van der Waals surface area contributed by atoms with Crippen molar-refractivity contribution < 1.29 is 9.21 Å². The molecule has 146 valence electrons. The number of rotatable bonds is 6. The maximum absolute atomic E-state index is 12.5. The highest BCUT2D eigenvalue weighted by atomic mass is 32.1. The van der Waals surface area contributed by atoms with E-state index < -0.39 is 0 Å². The fraction of sp³-hybridized carbons (Fsp3) is 0.381. The van der Waals surface area contributed by atoms with E-state index in [4.69, 9.17) is 4.42 Å². The van der Waals surface area contributed by atoms with Gasteiger partial charge in [0.15, 0.2) is 0 Å². The summed E-state index contributed by atoms with van der Waals surface area (Å²) >= 11 is 1.73. The molecule has 1 aliphatic rings. The Labute approximate surface area is 168 Å². The maximum atomic E-state index is 12.5. The normalized spacial score (nSPS) is 15.1. The summed E-state index contributed by atoms with van der Waals surface area (Å²) in [6.45, 7) is 6.40. The lowest BCUT2D eigenvalue weighted by molar-refractivity contribution is -0.133. The highest BCUT2D eigenvalue weighted by molar-refractivity contribution is 7.07. The first kappa shape index (κ1) is 18.8. The van der Waals surface area contributed by atoms with Crippen LogP contribution in [0.25, 0.3) is 11.5 Å². The third kappa shape index (κ3) is 4.66. The van der Waals surface area contributed by atoms with Crippen molar-refractivity contribution in [2.45, 2.75) is 26.3 Å². The Kier molecular flexibility index (Phi) is 5.83. The fourth-order valence-corrected chi connectivity index (χ4v) is 4.00. The Morgan fingerprint density at radius 3 is 2.61 bits per heavy atom. The number of aryl methyl sites for hydroxylation is 2. The van der Waals surface area contributed by atoms with E-state index >= 15 is 0 Å². The molecule has 0 radical (unpaired) electrons. The maximum Gasteiger partial charge on any atom is 0.247 e. The third-order valence-corrected chi connectivity index (χ3v) is 5.76. The van der Waals surface area contributed by atoms with Gasteiger partial charge in [-0.1, -0.05) is 17.7 Å². The van der Waals surface area contributed by atoms with Crippen molar-refractivity contribution >= 4 is 17.2 Å². The van der Waals surface area contributed by atoms with Gasteiger partial charge in [0.1, 0.15) is 0 Å². The SMILES string of the molecule is Cc1ccc(-c2nnc(CCC(=O)N3CCN(Cc4ccsc4)CC3)o2)cc1. The number of nitrogens with zero attached hydrogens (tertiary/aromatic N) is 4. The Balaban J connectivity index is 1.24. The molecular weight excluding hydrogens is 372 g/mol. The molecule has 0 N–H and O–H groups in total. The zero-order chi connectivity index (χ0) is 19.3. The molecule has 0 unspecified atom stereocenters. The van der Waals surface area contributed by atoms with Gasteiger partial charge in [-0.05, 0) is 41.4 Å². The van der Waals surface area contributed by atoms with E-state index in [0.717, 1.165) is 38.3 Å². The second-order valence-corrected chi connectivity index (χ2v) is 7.94. The van der Waals surface area contributed by atoms with Gasteiger partial charge in [0.05, 0.1) is 0 Å². The summed E-state index contributed by atoms with van der Waals surface area (Å²) in [5.41, 5.74) is 3.44. The number of carbonyl (C=O) groups excluding carboxylic acids is 1. The van der Waals surface area contributed by atoms with Gasteiger partial charge in [-0.3, -0.25) is 9.69 Å². The molecule has 0 aliphatic carbocycles. The topological polar surface area (TPSA) is 62.5 Å². The van der Waals surface area contributed by atoms with E-state index in [9.17, 15) is 4.79 Å². The van der Waals surface area contributed by atoms with E-state index in [1.165, 1.54) is 11.1 Å². The van der Waals surface area contributed by atoms with Crippen molar-refractivity contribution in [3.05, 3.63) is 58.1 Å². The van der Waals surface area contributed by atoms with Gasteiger partial charge in [0.25, 0.3) is 0 Å². The van der Waals surface area contributed by atoms with E-state index in [0.29, 0.717) is 24.6 Å². The van der Waals surface area contributed by atoms with Gasteiger partial charge < -0.3 is 9.32 Å². The van der Waals surface area contributed by atoms with Crippen LogP contribution in [0.4, 0.5) is 0 Å². The van der Waals surface area contributed by atoms with Gasteiger partial charge >= 0.3 is 0 Å². The van der Waals surface area contributed by atoms with Crippen molar-refractivity contribution in [3.63, 3.8) is 0 Å². The Hall–Kier alpha value is -2.51. The van der Waals surface area contributed by atoms with Gasteiger partial charge in [-0.25, -0.2) is 0 Å². The Morgan fingerprint density at radius 1 is 1.11 bits per heavy atom. The molecule has 0 saturated carbocycles. The summed E-state index contributed by atoms with van der Waals surface area (Å²) in [6, 6.07) is 10.1. The summed E-state index contributed by atoms with van der Waals surface area (Å²) in [6.07, 6.45) is 0.882. The average Bonchev–Trinajstić information content (AvgIpc) is 3.39. The first-order valence-corrected chi connectivity index (χ1v) is 10.5. The van der Waals surface area contributed by atoms with Crippen molar-refractivity contribution in [1.29, 1.82) is 0 Å². The number of piperazine rings is 1. The fourth-order valence-electron chi connectivity index (χ4n) is 3.34. The third-order valence-electron chi connectivity index (χ3n) is 5.03. The standard InChI is InChI=1S/C21H24N4O2S/c1-16-2-4-18(5-3-16)21-23-22-19(27-21)6-7-20(26)25-11-9-24(10-12-25)14-17-8-13-28-15-17/h2-5,8,13,15H,6-7,9-12,14H2,1H3. The molecule has 7 heteroatoms. The molecule has 3 heterocycles. The minimum atomic E-state index is 0.158. The van der Waals surface area contributed by atoms with Gasteiger partial charge in [-0.2, -0.15) is 11.3 Å².